The van der Waals surface area contributed by atoms with Gasteiger partial charge in [-0.1, -0.05) is 91.6 Å². The number of hydrogen-bond acceptors (Lipinski definition) is 5. The Bertz CT molecular complexity index is 1510. The predicted octanol–water partition coefficient (Wildman–Crippen LogP) is 6.03. The molecular formula is C36H47N3O5S. The van der Waals surface area contributed by atoms with Crippen LogP contribution >= 0.6 is 0 Å². The van der Waals surface area contributed by atoms with Crippen molar-refractivity contribution in [3.8, 4) is 5.75 Å². The second kappa shape index (κ2) is 16.5. The van der Waals surface area contributed by atoms with E-state index < -0.39 is 16.1 Å². The number of hydrogen-bond donors (Lipinski definition) is 1. The minimum Gasteiger partial charge on any atom is -0.492 e. The van der Waals surface area contributed by atoms with Crippen molar-refractivity contribution in [2.75, 3.05) is 23.7 Å². The van der Waals surface area contributed by atoms with Gasteiger partial charge >= 0.3 is 0 Å². The van der Waals surface area contributed by atoms with Crippen molar-refractivity contribution in [2.24, 2.45) is 0 Å². The highest BCUT2D eigenvalue weighted by molar-refractivity contribution is 7.92. The van der Waals surface area contributed by atoms with Crippen LogP contribution in [0.3, 0.4) is 0 Å². The van der Waals surface area contributed by atoms with Gasteiger partial charge in [0, 0.05) is 32.0 Å². The molecule has 0 saturated heterocycles. The second-order valence-electron chi connectivity index (χ2n) is 11.9. The first kappa shape index (κ1) is 34.0. The van der Waals surface area contributed by atoms with Gasteiger partial charge in [-0.15, -0.1) is 0 Å². The average molecular weight is 634 g/mol. The van der Waals surface area contributed by atoms with E-state index in [0.29, 0.717) is 24.5 Å². The fourth-order valence-corrected chi connectivity index (χ4v) is 7.00. The van der Waals surface area contributed by atoms with Crippen LogP contribution in [0.4, 0.5) is 5.69 Å². The van der Waals surface area contributed by atoms with Crippen molar-refractivity contribution in [3.63, 3.8) is 0 Å². The van der Waals surface area contributed by atoms with Crippen LogP contribution < -0.4 is 14.4 Å². The quantitative estimate of drug-likeness (QED) is 0.221. The molecule has 9 heteroatoms. The van der Waals surface area contributed by atoms with E-state index >= 15 is 0 Å². The van der Waals surface area contributed by atoms with Gasteiger partial charge in [-0.3, -0.25) is 13.9 Å². The molecule has 8 nitrogen and oxygen atoms in total. The zero-order chi connectivity index (χ0) is 32.2. The van der Waals surface area contributed by atoms with Crippen molar-refractivity contribution in [1.82, 2.24) is 10.2 Å². The van der Waals surface area contributed by atoms with Crippen molar-refractivity contribution in [2.45, 2.75) is 83.8 Å². The Hall–Kier alpha value is -3.85. The van der Waals surface area contributed by atoms with Gasteiger partial charge in [-0.2, -0.15) is 0 Å². The number of anilines is 1. The van der Waals surface area contributed by atoms with E-state index in [1.54, 1.807) is 29.2 Å². The third kappa shape index (κ3) is 10.1. The molecule has 1 aliphatic carbocycles. The standard InChI is InChI=1S/C36H47N3O5S/c1-4-44-34-22-12-11-21-32(34)39(45(3,42)43)24-14-23-35(40)38(27-30-18-13-15-28(2)25-30)33(26-29-16-7-5-8-17-29)36(41)37-31-19-9-6-10-20-31/h5,7-8,11-13,15-18,21-22,25,31,33H,4,6,9-10,14,19-20,23-24,26-27H2,1-3H3,(H,37,41)/t33-/m1/s1. The Labute approximate surface area is 268 Å². The zero-order valence-electron chi connectivity index (χ0n) is 26.8. The van der Waals surface area contributed by atoms with Crippen LogP contribution in [0.25, 0.3) is 0 Å². The number of amides is 2. The molecule has 0 bridgehead atoms. The molecule has 1 N–H and O–H groups in total. The average Bonchev–Trinajstić information content (AvgIpc) is 3.02. The van der Waals surface area contributed by atoms with Crippen LogP contribution in [0.2, 0.25) is 0 Å². The summed E-state index contributed by atoms with van der Waals surface area (Å²) in [5, 5.41) is 3.27. The number of sulfonamides is 1. The van der Waals surface area contributed by atoms with E-state index in [1.165, 1.54) is 10.7 Å². The van der Waals surface area contributed by atoms with Crippen LogP contribution in [0.1, 0.15) is 68.6 Å². The molecule has 2 amide bonds. The number of para-hydroxylation sites is 2. The molecule has 0 aliphatic heterocycles. The third-order valence-electron chi connectivity index (χ3n) is 8.24. The van der Waals surface area contributed by atoms with Gasteiger partial charge < -0.3 is 15.0 Å². The van der Waals surface area contributed by atoms with Crippen molar-refractivity contribution < 1.29 is 22.7 Å². The largest absolute Gasteiger partial charge is 0.492 e. The van der Waals surface area contributed by atoms with Gasteiger partial charge in [0.1, 0.15) is 11.8 Å². The number of aryl methyl sites for hydroxylation is 1. The maximum atomic E-state index is 14.2. The predicted molar refractivity (Wildman–Crippen MR) is 180 cm³/mol. The summed E-state index contributed by atoms with van der Waals surface area (Å²) in [7, 11) is -3.65. The Morgan fingerprint density at radius 1 is 0.933 bits per heavy atom. The van der Waals surface area contributed by atoms with Gasteiger partial charge in [0.2, 0.25) is 21.8 Å². The topological polar surface area (TPSA) is 96.0 Å². The van der Waals surface area contributed by atoms with Crippen molar-refractivity contribution >= 4 is 27.5 Å². The van der Waals surface area contributed by atoms with E-state index in [-0.39, 0.29) is 43.8 Å². The smallest absolute Gasteiger partial charge is 0.243 e. The Morgan fingerprint density at radius 3 is 2.31 bits per heavy atom. The summed E-state index contributed by atoms with van der Waals surface area (Å²) in [6.07, 6.45) is 7.14. The Morgan fingerprint density at radius 2 is 1.62 bits per heavy atom. The highest BCUT2D eigenvalue weighted by Gasteiger charge is 2.32. The molecule has 242 valence electrons. The van der Waals surface area contributed by atoms with E-state index in [2.05, 4.69) is 5.32 Å². The van der Waals surface area contributed by atoms with Crippen molar-refractivity contribution in [3.05, 3.63) is 95.6 Å². The molecule has 1 aliphatic rings. The lowest BCUT2D eigenvalue weighted by atomic mass is 9.94. The summed E-state index contributed by atoms with van der Waals surface area (Å²) >= 11 is 0. The molecular weight excluding hydrogens is 586 g/mol. The molecule has 3 aromatic rings. The van der Waals surface area contributed by atoms with Crippen LogP contribution in [0.5, 0.6) is 5.75 Å². The molecule has 0 unspecified atom stereocenters. The minimum atomic E-state index is -3.65. The molecule has 0 spiro atoms. The molecule has 45 heavy (non-hydrogen) atoms. The summed E-state index contributed by atoms with van der Waals surface area (Å²) in [5.74, 6) is 0.137. The molecule has 0 heterocycles. The van der Waals surface area contributed by atoms with Crippen LogP contribution in [-0.2, 0) is 32.6 Å². The SMILES string of the molecule is CCOc1ccccc1N(CCCC(=O)N(Cc1cccc(C)c1)[C@H](Cc1ccccc1)C(=O)NC1CCCCC1)S(C)(=O)=O. The highest BCUT2D eigenvalue weighted by Crippen LogP contribution is 2.30. The summed E-state index contributed by atoms with van der Waals surface area (Å²) in [5.41, 5.74) is 3.43. The van der Waals surface area contributed by atoms with Gasteiger partial charge in [-0.05, 0) is 56.4 Å². The van der Waals surface area contributed by atoms with Crippen LogP contribution in [0.15, 0.2) is 78.9 Å². The number of carbonyl (C=O) groups is 2. The molecule has 0 aromatic heterocycles. The van der Waals surface area contributed by atoms with Crippen LogP contribution in [0, 0.1) is 6.92 Å². The molecule has 4 rings (SSSR count). The number of nitrogens with zero attached hydrogens (tertiary/aromatic N) is 2. The first-order chi connectivity index (χ1) is 21.7. The Kier molecular flexibility index (Phi) is 12.4. The molecule has 0 radical (unpaired) electrons. The minimum absolute atomic E-state index is 0.0800. The summed E-state index contributed by atoms with van der Waals surface area (Å²) < 4.78 is 32.8. The van der Waals surface area contributed by atoms with E-state index in [4.69, 9.17) is 4.74 Å². The lowest BCUT2D eigenvalue weighted by Gasteiger charge is -2.34. The number of rotatable bonds is 15. The van der Waals surface area contributed by atoms with Crippen molar-refractivity contribution in [1.29, 1.82) is 0 Å². The lowest BCUT2D eigenvalue weighted by molar-refractivity contribution is -0.141. The maximum Gasteiger partial charge on any atom is 0.243 e. The first-order valence-electron chi connectivity index (χ1n) is 16.0. The summed E-state index contributed by atoms with van der Waals surface area (Å²) in [6.45, 7) is 4.63. The second-order valence-corrected chi connectivity index (χ2v) is 13.8. The van der Waals surface area contributed by atoms with Gasteiger partial charge in [-0.25, -0.2) is 8.42 Å². The highest BCUT2D eigenvalue weighted by atomic mass is 32.2. The molecule has 3 aromatic carbocycles. The zero-order valence-corrected chi connectivity index (χ0v) is 27.6. The molecule has 1 saturated carbocycles. The normalized spacial score (nSPS) is 14.4. The number of carbonyl (C=O) groups excluding carboxylic acids is 2. The van der Waals surface area contributed by atoms with E-state index in [0.717, 1.165) is 48.6 Å². The fourth-order valence-electron chi connectivity index (χ4n) is 6.03. The third-order valence-corrected chi connectivity index (χ3v) is 9.42. The van der Waals surface area contributed by atoms with E-state index in [1.807, 2.05) is 68.4 Å². The maximum absolute atomic E-state index is 14.2. The van der Waals surface area contributed by atoms with Gasteiger partial charge in [0.15, 0.2) is 0 Å². The fraction of sp³-hybridized carbons (Fsp3) is 0.444. The number of benzene rings is 3. The molecule has 1 fully saturated rings. The van der Waals surface area contributed by atoms with Gasteiger partial charge in [0.05, 0.1) is 18.6 Å². The lowest BCUT2D eigenvalue weighted by Crippen LogP contribution is -2.53. The van der Waals surface area contributed by atoms with Crippen LogP contribution in [-0.4, -0.2) is 56.6 Å². The van der Waals surface area contributed by atoms with Gasteiger partial charge in [0.25, 0.3) is 0 Å². The number of nitrogens with one attached hydrogen (secondary N) is 1. The van der Waals surface area contributed by atoms with E-state index in [9.17, 15) is 18.0 Å². The Balaban J connectivity index is 1.60. The number of ether oxygens (including phenoxy) is 1. The summed E-state index contributed by atoms with van der Waals surface area (Å²) in [6, 6.07) is 24.2. The first-order valence-corrected chi connectivity index (χ1v) is 17.9. The monoisotopic (exact) mass is 633 g/mol. The molecule has 1 atom stereocenters. The summed E-state index contributed by atoms with van der Waals surface area (Å²) in [4.78, 5) is 29.9.